The van der Waals surface area contributed by atoms with Crippen LogP contribution in [0.5, 0.6) is 0 Å². The highest BCUT2D eigenvalue weighted by Crippen LogP contribution is 2.27. The molecule has 1 aliphatic heterocycles. The van der Waals surface area contributed by atoms with E-state index < -0.39 is 23.4 Å². The van der Waals surface area contributed by atoms with Crippen molar-refractivity contribution < 1.29 is 18.4 Å². The number of halogens is 2. The first-order valence-corrected chi connectivity index (χ1v) is 7.99. The predicted molar refractivity (Wildman–Crippen MR) is 85.7 cm³/mol. The number of imidazole rings is 1. The van der Waals surface area contributed by atoms with E-state index in [1.807, 2.05) is 0 Å². The molecule has 25 heavy (non-hydrogen) atoms. The van der Waals surface area contributed by atoms with Crippen LogP contribution in [0.4, 0.5) is 8.78 Å². The van der Waals surface area contributed by atoms with Crippen molar-refractivity contribution in [3.05, 3.63) is 53.6 Å². The maximum Gasteiger partial charge on any atom is 0.256 e. The second kappa shape index (κ2) is 7.00. The second-order valence-electron chi connectivity index (χ2n) is 6.09. The number of carbonyl (C=O) groups excluding carboxylic acids is 2. The minimum atomic E-state index is -0.873. The molecular formula is C17H18F2N4O2. The third kappa shape index (κ3) is 3.67. The topological polar surface area (TPSA) is 81.2 Å². The Kier molecular flexibility index (Phi) is 4.78. The molecule has 1 atom stereocenters. The summed E-state index contributed by atoms with van der Waals surface area (Å²) in [6.07, 6.45) is 4.77. The summed E-state index contributed by atoms with van der Waals surface area (Å²) in [6, 6.07) is 2.93. The number of primary amides is 1. The summed E-state index contributed by atoms with van der Waals surface area (Å²) in [5, 5.41) is 0. The SMILES string of the molecule is NC(=O)Cn1ccnc1[C@@H]1CCCN(C(=O)c2ccc(F)cc2F)C1. The molecule has 1 fully saturated rings. The van der Waals surface area contributed by atoms with Crippen molar-refractivity contribution >= 4 is 11.8 Å². The Morgan fingerprint density at radius 1 is 1.32 bits per heavy atom. The number of aromatic nitrogens is 2. The van der Waals surface area contributed by atoms with E-state index in [9.17, 15) is 18.4 Å². The maximum absolute atomic E-state index is 13.9. The third-order valence-corrected chi connectivity index (χ3v) is 4.31. The highest BCUT2D eigenvalue weighted by Gasteiger charge is 2.29. The minimum absolute atomic E-state index is 0.0202. The Hall–Kier alpha value is -2.77. The summed E-state index contributed by atoms with van der Waals surface area (Å²) >= 11 is 0. The van der Waals surface area contributed by atoms with Gasteiger partial charge in [0.05, 0.1) is 5.56 Å². The molecule has 132 valence electrons. The van der Waals surface area contributed by atoms with Crippen LogP contribution in [0.15, 0.2) is 30.6 Å². The van der Waals surface area contributed by atoms with Crippen molar-refractivity contribution in [2.24, 2.45) is 5.73 Å². The molecule has 0 spiro atoms. The molecule has 0 radical (unpaired) electrons. The fourth-order valence-corrected chi connectivity index (χ4v) is 3.19. The molecule has 2 amide bonds. The number of hydrogen-bond donors (Lipinski definition) is 1. The number of nitrogens with two attached hydrogens (primary N) is 1. The van der Waals surface area contributed by atoms with E-state index in [-0.39, 0.29) is 18.0 Å². The molecule has 0 unspecified atom stereocenters. The fraction of sp³-hybridized carbons (Fsp3) is 0.353. The summed E-state index contributed by atoms with van der Waals surface area (Å²) in [6.45, 7) is 0.862. The van der Waals surface area contributed by atoms with Crippen molar-refractivity contribution in [3.8, 4) is 0 Å². The number of amides is 2. The predicted octanol–water partition coefficient (Wildman–Crippen LogP) is 1.67. The molecule has 0 aliphatic carbocycles. The Labute approximate surface area is 143 Å². The van der Waals surface area contributed by atoms with Gasteiger partial charge in [-0.05, 0) is 25.0 Å². The first kappa shape index (κ1) is 17.1. The number of carbonyl (C=O) groups is 2. The van der Waals surface area contributed by atoms with Crippen LogP contribution < -0.4 is 5.73 Å². The zero-order chi connectivity index (χ0) is 18.0. The minimum Gasteiger partial charge on any atom is -0.368 e. The van der Waals surface area contributed by atoms with Crippen molar-refractivity contribution in [1.29, 1.82) is 0 Å². The molecule has 2 aromatic rings. The number of likely N-dealkylation sites (tertiary alicyclic amines) is 1. The lowest BCUT2D eigenvalue weighted by Crippen LogP contribution is -2.40. The van der Waals surface area contributed by atoms with Crippen LogP contribution in [-0.4, -0.2) is 39.4 Å². The molecule has 0 saturated carbocycles. The van der Waals surface area contributed by atoms with E-state index in [0.717, 1.165) is 25.0 Å². The molecule has 2 N–H and O–H groups in total. The second-order valence-corrected chi connectivity index (χ2v) is 6.09. The first-order chi connectivity index (χ1) is 12.0. The van der Waals surface area contributed by atoms with Gasteiger partial charge in [-0.15, -0.1) is 0 Å². The number of rotatable bonds is 4. The number of hydrogen-bond acceptors (Lipinski definition) is 3. The average molecular weight is 348 g/mol. The van der Waals surface area contributed by atoms with Crippen molar-refractivity contribution in [3.63, 3.8) is 0 Å². The summed E-state index contributed by atoms with van der Waals surface area (Å²) in [5.74, 6) is -1.94. The van der Waals surface area contributed by atoms with Crippen molar-refractivity contribution in [2.45, 2.75) is 25.3 Å². The highest BCUT2D eigenvalue weighted by molar-refractivity contribution is 5.94. The maximum atomic E-state index is 13.9. The Morgan fingerprint density at radius 2 is 2.12 bits per heavy atom. The van der Waals surface area contributed by atoms with E-state index in [4.69, 9.17) is 5.73 Å². The van der Waals surface area contributed by atoms with E-state index in [0.29, 0.717) is 25.0 Å². The Bertz CT molecular complexity index is 806. The van der Waals surface area contributed by atoms with Crippen LogP contribution in [0.1, 0.15) is 34.9 Å². The lowest BCUT2D eigenvalue weighted by molar-refractivity contribution is -0.118. The number of piperidine rings is 1. The molecule has 8 heteroatoms. The molecule has 0 bridgehead atoms. The smallest absolute Gasteiger partial charge is 0.256 e. The molecule has 1 saturated heterocycles. The van der Waals surface area contributed by atoms with Gasteiger partial charge in [-0.2, -0.15) is 0 Å². The van der Waals surface area contributed by atoms with E-state index in [1.54, 1.807) is 17.0 Å². The molecular weight excluding hydrogens is 330 g/mol. The summed E-state index contributed by atoms with van der Waals surface area (Å²) < 4.78 is 28.6. The van der Waals surface area contributed by atoms with Crippen LogP contribution in [0.25, 0.3) is 0 Å². The molecule has 1 aromatic heterocycles. The Morgan fingerprint density at radius 3 is 2.84 bits per heavy atom. The zero-order valence-corrected chi connectivity index (χ0v) is 13.5. The lowest BCUT2D eigenvalue weighted by atomic mass is 9.96. The van der Waals surface area contributed by atoms with Gasteiger partial charge < -0.3 is 15.2 Å². The van der Waals surface area contributed by atoms with E-state index in [1.165, 1.54) is 4.90 Å². The molecule has 1 aromatic carbocycles. The van der Waals surface area contributed by atoms with Crippen LogP contribution in [0.2, 0.25) is 0 Å². The van der Waals surface area contributed by atoms with Crippen molar-refractivity contribution in [2.75, 3.05) is 13.1 Å². The average Bonchev–Trinajstić information content (AvgIpc) is 3.02. The highest BCUT2D eigenvalue weighted by atomic mass is 19.1. The van der Waals surface area contributed by atoms with Crippen LogP contribution in [-0.2, 0) is 11.3 Å². The number of benzene rings is 1. The van der Waals surface area contributed by atoms with Gasteiger partial charge in [0.2, 0.25) is 5.91 Å². The van der Waals surface area contributed by atoms with E-state index >= 15 is 0 Å². The van der Waals surface area contributed by atoms with Gasteiger partial charge in [-0.1, -0.05) is 0 Å². The summed E-state index contributed by atoms with van der Waals surface area (Å²) in [4.78, 5) is 29.6. The van der Waals surface area contributed by atoms with Crippen molar-refractivity contribution in [1.82, 2.24) is 14.5 Å². The summed E-state index contributed by atoms with van der Waals surface area (Å²) in [5.41, 5.74) is 5.09. The summed E-state index contributed by atoms with van der Waals surface area (Å²) in [7, 11) is 0. The molecule has 6 nitrogen and oxygen atoms in total. The lowest BCUT2D eigenvalue weighted by Gasteiger charge is -2.32. The van der Waals surface area contributed by atoms with Crippen LogP contribution >= 0.6 is 0 Å². The van der Waals surface area contributed by atoms with Gasteiger partial charge in [-0.3, -0.25) is 9.59 Å². The Balaban J connectivity index is 1.78. The molecule has 3 rings (SSSR count). The fourth-order valence-electron chi connectivity index (χ4n) is 3.19. The first-order valence-electron chi connectivity index (χ1n) is 7.99. The normalized spacial score (nSPS) is 17.5. The third-order valence-electron chi connectivity index (χ3n) is 4.31. The zero-order valence-electron chi connectivity index (χ0n) is 13.5. The van der Waals surface area contributed by atoms with Gasteiger partial charge >= 0.3 is 0 Å². The molecule has 1 aliphatic rings. The van der Waals surface area contributed by atoms with E-state index in [2.05, 4.69) is 4.98 Å². The largest absolute Gasteiger partial charge is 0.368 e. The van der Waals surface area contributed by atoms with Gasteiger partial charge in [0.25, 0.3) is 5.91 Å². The van der Waals surface area contributed by atoms with Crippen LogP contribution in [0.3, 0.4) is 0 Å². The molecule has 2 heterocycles. The van der Waals surface area contributed by atoms with Gasteiger partial charge in [-0.25, -0.2) is 13.8 Å². The quantitative estimate of drug-likeness (QED) is 0.912. The van der Waals surface area contributed by atoms with Gasteiger partial charge in [0.15, 0.2) is 0 Å². The monoisotopic (exact) mass is 348 g/mol. The van der Waals surface area contributed by atoms with Gasteiger partial charge in [0.1, 0.15) is 24.0 Å². The standard InChI is InChI=1S/C17H18F2N4O2/c18-12-3-4-13(14(19)8-12)17(25)23-6-1-2-11(9-23)16-21-5-7-22(16)10-15(20)24/h3-5,7-8,11H,1-2,6,9-10H2,(H2,20,24)/t11-/m1/s1. The van der Waals surface area contributed by atoms with Gasteiger partial charge in [0, 0.05) is 37.5 Å². The number of nitrogens with zero attached hydrogens (tertiary/aromatic N) is 3. The van der Waals surface area contributed by atoms with Crippen LogP contribution in [0, 0.1) is 11.6 Å².